The summed E-state index contributed by atoms with van der Waals surface area (Å²) in [6.45, 7) is 1.84. The third-order valence-corrected chi connectivity index (χ3v) is 3.53. The van der Waals surface area contributed by atoms with Gasteiger partial charge in [-0.25, -0.2) is 4.98 Å². The molecule has 0 atom stereocenters. The third kappa shape index (κ3) is 1.90. The minimum atomic E-state index is -0.0864. The second-order valence-corrected chi connectivity index (χ2v) is 4.86. The number of hydrogen-bond acceptors (Lipinski definition) is 4. The van der Waals surface area contributed by atoms with E-state index in [1.165, 1.54) is 0 Å². The second kappa shape index (κ2) is 4.49. The number of amides is 1. The van der Waals surface area contributed by atoms with E-state index in [2.05, 4.69) is 31.1 Å². The molecule has 18 heavy (non-hydrogen) atoms. The van der Waals surface area contributed by atoms with E-state index in [4.69, 9.17) is 0 Å². The zero-order valence-corrected chi connectivity index (χ0v) is 11.0. The van der Waals surface area contributed by atoms with Crippen LogP contribution in [0, 0.1) is 0 Å². The number of halogens is 1. The van der Waals surface area contributed by atoms with E-state index in [0.717, 1.165) is 12.4 Å². The van der Waals surface area contributed by atoms with Crippen LogP contribution in [0.3, 0.4) is 0 Å². The molecule has 0 N–H and O–H groups in total. The number of hydrogen-bond donors (Lipinski definition) is 0. The molecule has 0 spiro atoms. The highest BCUT2D eigenvalue weighted by atomic mass is 79.9. The lowest BCUT2D eigenvalue weighted by Crippen LogP contribution is -2.38. The predicted octanol–water partition coefficient (Wildman–Crippen LogP) is 1.09. The Morgan fingerprint density at radius 1 is 1.39 bits per heavy atom. The molecule has 1 amide bonds. The minimum absolute atomic E-state index is 0.0864. The van der Waals surface area contributed by atoms with E-state index in [0.29, 0.717) is 23.3 Å². The van der Waals surface area contributed by atoms with Gasteiger partial charge in [0.05, 0.1) is 6.54 Å². The molecule has 0 saturated heterocycles. The predicted molar refractivity (Wildman–Crippen MR) is 66.7 cm³/mol. The van der Waals surface area contributed by atoms with E-state index < -0.39 is 0 Å². The summed E-state index contributed by atoms with van der Waals surface area (Å²) >= 11 is 3.34. The Balaban J connectivity index is 1.85. The van der Waals surface area contributed by atoms with Gasteiger partial charge >= 0.3 is 0 Å². The SMILES string of the molecule is O=C(c1ncccc1Br)N1CCn2cnnc2C1. The summed E-state index contributed by atoms with van der Waals surface area (Å²) < 4.78 is 2.67. The first-order valence-corrected chi connectivity index (χ1v) is 6.31. The molecule has 1 aliphatic heterocycles. The molecule has 2 aromatic rings. The smallest absolute Gasteiger partial charge is 0.274 e. The fraction of sp³-hybridized carbons (Fsp3) is 0.273. The maximum Gasteiger partial charge on any atom is 0.274 e. The lowest BCUT2D eigenvalue weighted by Gasteiger charge is -2.26. The first-order valence-electron chi connectivity index (χ1n) is 5.52. The molecule has 0 unspecified atom stereocenters. The summed E-state index contributed by atoms with van der Waals surface area (Å²) in [6, 6.07) is 3.60. The summed E-state index contributed by atoms with van der Waals surface area (Å²) in [7, 11) is 0. The Kier molecular flexibility index (Phi) is 2.83. The molecule has 1 aliphatic rings. The molecule has 2 aromatic heterocycles. The van der Waals surface area contributed by atoms with Gasteiger partial charge in [-0.3, -0.25) is 4.79 Å². The molecule has 7 heteroatoms. The number of nitrogens with zero attached hydrogens (tertiary/aromatic N) is 5. The van der Waals surface area contributed by atoms with Crippen molar-refractivity contribution >= 4 is 21.8 Å². The maximum atomic E-state index is 12.3. The van der Waals surface area contributed by atoms with Gasteiger partial charge in [0.1, 0.15) is 12.0 Å². The lowest BCUT2D eigenvalue weighted by atomic mass is 10.3. The molecule has 0 aromatic carbocycles. The Morgan fingerprint density at radius 3 is 3.11 bits per heavy atom. The maximum absolute atomic E-state index is 12.3. The average molecular weight is 308 g/mol. The van der Waals surface area contributed by atoms with Gasteiger partial charge in [0, 0.05) is 23.8 Å². The van der Waals surface area contributed by atoms with Crippen molar-refractivity contribution in [3.8, 4) is 0 Å². The Bertz CT molecular complexity index is 597. The zero-order chi connectivity index (χ0) is 12.5. The molecule has 3 rings (SSSR count). The number of fused-ring (bicyclic) bond motifs is 1. The largest absolute Gasteiger partial charge is 0.328 e. The first-order chi connectivity index (χ1) is 8.75. The monoisotopic (exact) mass is 307 g/mol. The van der Waals surface area contributed by atoms with Crippen LogP contribution in [0.4, 0.5) is 0 Å². The Labute approximate surface area is 112 Å². The van der Waals surface area contributed by atoms with Crippen LogP contribution < -0.4 is 0 Å². The summed E-state index contributed by atoms with van der Waals surface area (Å²) in [6.07, 6.45) is 3.30. The highest BCUT2D eigenvalue weighted by Crippen LogP contribution is 2.18. The molecule has 0 saturated carbocycles. The molecular formula is C11H10BrN5O. The van der Waals surface area contributed by atoms with Crippen LogP contribution in [0.5, 0.6) is 0 Å². The van der Waals surface area contributed by atoms with Crippen molar-refractivity contribution in [3.05, 3.63) is 40.6 Å². The average Bonchev–Trinajstić information content (AvgIpc) is 2.85. The Hall–Kier alpha value is -1.76. The summed E-state index contributed by atoms with van der Waals surface area (Å²) in [5.41, 5.74) is 0.436. The van der Waals surface area contributed by atoms with Crippen molar-refractivity contribution in [2.24, 2.45) is 0 Å². The summed E-state index contributed by atoms with van der Waals surface area (Å²) in [4.78, 5) is 18.2. The first kappa shape index (κ1) is 11.3. The topological polar surface area (TPSA) is 63.9 Å². The van der Waals surface area contributed by atoms with E-state index in [-0.39, 0.29) is 5.91 Å². The van der Waals surface area contributed by atoms with Crippen molar-refractivity contribution in [2.75, 3.05) is 6.54 Å². The minimum Gasteiger partial charge on any atom is -0.328 e. The van der Waals surface area contributed by atoms with Crippen LogP contribution in [0.25, 0.3) is 0 Å². The van der Waals surface area contributed by atoms with Gasteiger partial charge in [0.2, 0.25) is 0 Å². The van der Waals surface area contributed by atoms with Crippen LogP contribution in [-0.4, -0.2) is 37.1 Å². The lowest BCUT2D eigenvalue weighted by molar-refractivity contribution is 0.0700. The van der Waals surface area contributed by atoms with Gasteiger partial charge in [-0.2, -0.15) is 0 Å². The molecule has 3 heterocycles. The molecule has 6 nitrogen and oxygen atoms in total. The standard InChI is InChI=1S/C11H10BrN5O/c12-8-2-1-3-13-10(8)11(18)16-4-5-17-7-14-15-9(17)6-16/h1-3,7H,4-6H2. The summed E-state index contributed by atoms with van der Waals surface area (Å²) in [5.74, 6) is 0.721. The molecule has 0 aliphatic carbocycles. The fourth-order valence-corrected chi connectivity index (χ4v) is 2.36. The van der Waals surface area contributed by atoms with Crippen molar-refractivity contribution in [3.63, 3.8) is 0 Å². The molecule has 92 valence electrons. The number of carbonyl (C=O) groups excluding carboxylic acids is 1. The quantitative estimate of drug-likeness (QED) is 0.791. The molecule has 0 bridgehead atoms. The van der Waals surface area contributed by atoms with Gasteiger partial charge in [0.25, 0.3) is 5.91 Å². The molecule has 0 radical (unpaired) electrons. The molecular weight excluding hydrogens is 298 g/mol. The van der Waals surface area contributed by atoms with E-state index in [9.17, 15) is 4.79 Å². The third-order valence-electron chi connectivity index (χ3n) is 2.89. The Morgan fingerprint density at radius 2 is 2.28 bits per heavy atom. The van der Waals surface area contributed by atoms with Gasteiger partial charge in [0.15, 0.2) is 5.82 Å². The number of rotatable bonds is 1. The molecule has 0 fully saturated rings. The van der Waals surface area contributed by atoms with Crippen LogP contribution in [0.15, 0.2) is 29.1 Å². The number of carbonyl (C=O) groups is 1. The fourth-order valence-electron chi connectivity index (χ4n) is 1.93. The normalized spacial score (nSPS) is 14.4. The van der Waals surface area contributed by atoms with Crippen LogP contribution in [-0.2, 0) is 13.1 Å². The van der Waals surface area contributed by atoms with Crippen molar-refractivity contribution in [1.29, 1.82) is 0 Å². The zero-order valence-electron chi connectivity index (χ0n) is 9.45. The van der Waals surface area contributed by atoms with Gasteiger partial charge in [-0.1, -0.05) is 0 Å². The van der Waals surface area contributed by atoms with E-state index in [1.54, 1.807) is 23.5 Å². The number of pyridine rings is 1. The van der Waals surface area contributed by atoms with Crippen molar-refractivity contribution in [2.45, 2.75) is 13.1 Å². The summed E-state index contributed by atoms with van der Waals surface area (Å²) in [5, 5.41) is 7.83. The highest BCUT2D eigenvalue weighted by molar-refractivity contribution is 9.10. The van der Waals surface area contributed by atoms with Gasteiger partial charge in [-0.15, -0.1) is 10.2 Å². The van der Waals surface area contributed by atoms with Crippen LogP contribution >= 0.6 is 15.9 Å². The van der Waals surface area contributed by atoms with Crippen molar-refractivity contribution < 1.29 is 4.79 Å². The highest BCUT2D eigenvalue weighted by Gasteiger charge is 2.24. The second-order valence-electron chi connectivity index (χ2n) is 4.00. The van der Waals surface area contributed by atoms with Gasteiger partial charge < -0.3 is 9.47 Å². The van der Waals surface area contributed by atoms with Crippen LogP contribution in [0.2, 0.25) is 0 Å². The van der Waals surface area contributed by atoms with Crippen molar-refractivity contribution in [1.82, 2.24) is 24.6 Å². The van der Waals surface area contributed by atoms with E-state index >= 15 is 0 Å². The van der Waals surface area contributed by atoms with Crippen LogP contribution in [0.1, 0.15) is 16.3 Å². The number of aromatic nitrogens is 4. The van der Waals surface area contributed by atoms with Gasteiger partial charge in [-0.05, 0) is 28.1 Å². The van der Waals surface area contributed by atoms with E-state index in [1.807, 2.05) is 10.6 Å².